The zero-order chi connectivity index (χ0) is 14.5. The normalized spacial score (nSPS) is 16.5. The minimum absolute atomic E-state index is 0.232. The van der Waals surface area contributed by atoms with Gasteiger partial charge >= 0.3 is 11.9 Å². The van der Waals surface area contributed by atoms with Gasteiger partial charge in [0.2, 0.25) is 0 Å². The Morgan fingerprint density at radius 1 is 1.10 bits per heavy atom. The van der Waals surface area contributed by atoms with Crippen LogP contribution >= 0.6 is 0 Å². The topological polar surface area (TPSA) is 77.8 Å². The van der Waals surface area contributed by atoms with Gasteiger partial charge in [-0.25, -0.2) is 4.79 Å². The fraction of sp³-hybridized carbons (Fsp3) is 0.333. The van der Waals surface area contributed by atoms with Crippen molar-refractivity contribution in [1.82, 2.24) is 0 Å². The lowest BCUT2D eigenvalue weighted by molar-refractivity contribution is -0.142. The Morgan fingerprint density at radius 2 is 1.70 bits per heavy atom. The molecule has 106 valence electrons. The highest BCUT2D eigenvalue weighted by atomic mass is 16.4. The summed E-state index contributed by atoms with van der Waals surface area (Å²) in [6.07, 6.45) is 3.97. The third-order valence-corrected chi connectivity index (χ3v) is 3.52. The molecule has 0 aliphatic carbocycles. The Kier molecular flexibility index (Phi) is 4.40. The van der Waals surface area contributed by atoms with E-state index in [0.29, 0.717) is 12.8 Å². The summed E-state index contributed by atoms with van der Waals surface area (Å²) in [5.74, 6) is -1.91. The molecule has 0 radical (unpaired) electrons. The number of carbonyl (C=O) groups is 2. The van der Waals surface area contributed by atoms with Gasteiger partial charge in [-0.2, -0.15) is 0 Å². The van der Waals surface area contributed by atoms with Crippen LogP contribution in [0, 0.1) is 5.92 Å². The van der Waals surface area contributed by atoms with Gasteiger partial charge in [-0.15, -0.1) is 0 Å². The highest BCUT2D eigenvalue weighted by molar-refractivity contribution is 5.85. The molecule has 1 fully saturated rings. The van der Waals surface area contributed by atoms with Crippen LogP contribution in [0.3, 0.4) is 0 Å². The van der Waals surface area contributed by atoms with E-state index in [1.807, 2.05) is 24.3 Å². The predicted octanol–water partition coefficient (Wildman–Crippen LogP) is 2.09. The van der Waals surface area contributed by atoms with Crippen LogP contribution < -0.4 is 4.90 Å². The van der Waals surface area contributed by atoms with Crippen LogP contribution in [0.1, 0.15) is 18.4 Å². The molecule has 20 heavy (non-hydrogen) atoms. The molecule has 0 unspecified atom stereocenters. The zero-order valence-electron chi connectivity index (χ0n) is 11.0. The summed E-state index contributed by atoms with van der Waals surface area (Å²) in [6, 6.07) is 7.58. The van der Waals surface area contributed by atoms with E-state index in [4.69, 9.17) is 10.2 Å². The minimum Gasteiger partial charge on any atom is -0.481 e. The number of carboxylic acid groups (broad SMARTS) is 2. The van der Waals surface area contributed by atoms with E-state index < -0.39 is 11.9 Å². The average Bonchev–Trinajstić information content (AvgIpc) is 2.46. The third kappa shape index (κ3) is 3.60. The minimum atomic E-state index is -0.968. The van der Waals surface area contributed by atoms with Crippen molar-refractivity contribution < 1.29 is 19.8 Å². The van der Waals surface area contributed by atoms with Crippen LogP contribution in [-0.2, 0) is 9.59 Å². The van der Waals surface area contributed by atoms with Crippen molar-refractivity contribution in [3.63, 3.8) is 0 Å². The first-order valence-corrected chi connectivity index (χ1v) is 6.55. The number of carboxylic acids is 2. The summed E-state index contributed by atoms with van der Waals surface area (Å²) in [5.41, 5.74) is 1.87. The first-order chi connectivity index (χ1) is 9.56. The van der Waals surface area contributed by atoms with Crippen molar-refractivity contribution in [3.05, 3.63) is 35.9 Å². The molecule has 1 saturated heterocycles. The van der Waals surface area contributed by atoms with Crippen LogP contribution in [0.4, 0.5) is 5.69 Å². The lowest BCUT2D eigenvalue weighted by Gasteiger charge is -2.32. The van der Waals surface area contributed by atoms with Crippen molar-refractivity contribution >= 4 is 23.7 Å². The van der Waals surface area contributed by atoms with Crippen molar-refractivity contribution in [2.24, 2.45) is 5.92 Å². The summed E-state index contributed by atoms with van der Waals surface area (Å²) < 4.78 is 0. The van der Waals surface area contributed by atoms with E-state index in [-0.39, 0.29) is 5.92 Å². The quantitative estimate of drug-likeness (QED) is 0.823. The maximum absolute atomic E-state index is 10.9. The van der Waals surface area contributed by atoms with Gasteiger partial charge in [-0.3, -0.25) is 4.79 Å². The van der Waals surface area contributed by atoms with Crippen LogP contribution in [0.25, 0.3) is 6.08 Å². The second-order valence-electron chi connectivity index (χ2n) is 4.86. The predicted molar refractivity (Wildman–Crippen MR) is 75.7 cm³/mol. The molecule has 1 aliphatic rings. The van der Waals surface area contributed by atoms with E-state index in [9.17, 15) is 9.59 Å². The second kappa shape index (κ2) is 6.23. The number of aliphatic carboxylic acids is 2. The van der Waals surface area contributed by atoms with Gasteiger partial charge in [-0.1, -0.05) is 12.1 Å². The smallest absolute Gasteiger partial charge is 0.328 e. The molecule has 1 aromatic rings. The molecule has 5 heteroatoms. The Morgan fingerprint density at radius 3 is 2.20 bits per heavy atom. The molecule has 0 saturated carbocycles. The number of hydrogen-bond acceptors (Lipinski definition) is 3. The molecule has 0 bridgehead atoms. The number of anilines is 1. The highest BCUT2D eigenvalue weighted by Crippen LogP contribution is 2.23. The monoisotopic (exact) mass is 275 g/mol. The van der Waals surface area contributed by atoms with Crippen LogP contribution in [0.5, 0.6) is 0 Å². The van der Waals surface area contributed by atoms with Gasteiger partial charge in [0.1, 0.15) is 0 Å². The van der Waals surface area contributed by atoms with Gasteiger partial charge < -0.3 is 15.1 Å². The van der Waals surface area contributed by atoms with Crippen molar-refractivity contribution in [2.75, 3.05) is 18.0 Å². The maximum Gasteiger partial charge on any atom is 0.328 e. The first kappa shape index (κ1) is 14.1. The fourth-order valence-electron chi connectivity index (χ4n) is 2.35. The summed E-state index contributed by atoms with van der Waals surface area (Å²) in [4.78, 5) is 23.5. The molecule has 0 aromatic heterocycles. The molecule has 0 amide bonds. The van der Waals surface area contributed by atoms with Gasteiger partial charge in [-0.05, 0) is 36.6 Å². The van der Waals surface area contributed by atoms with E-state index in [1.54, 1.807) is 6.08 Å². The summed E-state index contributed by atoms with van der Waals surface area (Å²) >= 11 is 0. The molecule has 0 spiro atoms. The van der Waals surface area contributed by atoms with Gasteiger partial charge in [0.15, 0.2) is 0 Å². The number of hydrogen-bond donors (Lipinski definition) is 2. The Labute approximate surface area is 117 Å². The zero-order valence-corrected chi connectivity index (χ0v) is 11.0. The second-order valence-corrected chi connectivity index (χ2v) is 4.86. The summed E-state index contributed by atoms with van der Waals surface area (Å²) in [6.45, 7) is 1.47. The number of nitrogens with zero attached hydrogens (tertiary/aromatic N) is 1. The van der Waals surface area contributed by atoms with Crippen LogP contribution in [0.2, 0.25) is 0 Å². The van der Waals surface area contributed by atoms with Crippen LogP contribution in [-0.4, -0.2) is 35.2 Å². The summed E-state index contributed by atoms with van der Waals surface area (Å²) in [5, 5.41) is 17.5. The highest BCUT2D eigenvalue weighted by Gasteiger charge is 2.24. The Balaban J connectivity index is 1.97. The standard InChI is InChI=1S/C15H17NO4/c17-14(18)6-3-11-1-4-13(5-2-11)16-9-7-12(8-10-16)15(19)20/h1-6,12H,7-10H2,(H,17,18)(H,19,20). The van der Waals surface area contributed by atoms with E-state index in [0.717, 1.165) is 30.4 Å². The lowest BCUT2D eigenvalue weighted by Crippen LogP contribution is -2.36. The summed E-state index contributed by atoms with van der Waals surface area (Å²) in [7, 11) is 0. The molecular weight excluding hydrogens is 258 g/mol. The van der Waals surface area contributed by atoms with Crippen molar-refractivity contribution in [3.8, 4) is 0 Å². The van der Waals surface area contributed by atoms with E-state index in [2.05, 4.69) is 4.90 Å². The Bertz CT molecular complexity index is 513. The maximum atomic E-state index is 10.9. The molecule has 2 N–H and O–H groups in total. The van der Waals surface area contributed by atoms with Gasteiger partial charge in [0.05, 0.1) is 5.92 Å². The lowest BCUT2D eigenvalue weighted by atomic mass is 9.96. The largest absolute Gasteiger partial charge is 0.481 e. The number of rotatable bonds is 4. The molecule has 1 aliphatic heterocycles. The molecule has 0 atom stereocenters. The van der Waals surface area contributed by atoms with E-state index >= 15 is 0 Å². The SMILES string of the molecule is O=C(O)C=Cc1ccc(N2CCC(C(=O)O)CC2)cc1. The van der Waals surface area contributed by atoms with Crippen LogP contribution in [0.15, 0.2) is 30.3 Å². The molecular formula is C15H17NO4. The van der Waals surface area contributed by atoms with Crippen molar-refractivity contribution in [2.45, 2.75) is 12.8 Å². The molecule has 1 aromatic carbocycles. The number of piperidine rings is 1. The van der Waals surface area contributed by atoms with Crippen molar-refractivity contribution in [1.29, 1.82) is 0 Å². The third-order valence-electron chi connectivity index (χ3n) is 3.52. The number of benzene rings is 1. The Hall–Kier alpha value is -2.30. The van der Waals surface area contributed by atoms with Gasteiger partial charge in [0, 0.05) is 24.9 Å². The average molecular weight is 275 g/mol. The van der Waals surface area contributed by atoms with E-state index in [1.165, 1.54) is 0 Å². The van der Waals surface area contributed by atoms with Gasteiger partial charge in [0.25, 0.3) is 0 Å². The first-order valence-electron chi connectivity index (χ1n) is 6.55. The molecule has 5 nitrogen and oxygen atoms in total. The fourth-order valence-corrected chi connectivity index (χ4v) is 2.35. The molecule has 1 heterocycles. The molecule has 2 rings (SSSR count).